The number of hydrogen-bond donors (Lipinski definition) is 0. The van der Waals surface area contributed by atoms with Gasteiger partial charge in [-0.15, -0.1) is 0 Å². The zero-order valence-corrected chi connectivity index (χ0v) is 17.0. The van der Waals surface area contributed by atoms with Crippen LogP contribution >= 0.6 is 0 Å². The number of aryl methyl sites for hydroxylation is 2. The Bertz CT molecular complexity index is 769. The third kappa shape index (κ3) is 4.00. The molecule has 2 aromatic heterocycles. The van der Waals surface area contributed by atoms with Crippen LogP contribution in [0.5, 0.6) is 0 Å². The topological polar surface area (TPSA) is 50.1 Å². The molecular weight excluding hydrogens is 336 g/mol. The average molecular weight is 369 g/mol. The van der Waals surface area contributed by atoms with Gasteiger partial charge in [-0.25, -0.2) is 9.97 Å². The van der Waals surface area contributed by atoms with Crippen LogP contribution in [0, 0.1) is 13.8 Å². The molecule has 2 fully saturated rings. The van der Waals surface area contributed by atoms with Crippen LogP contribution in [0.1, 0.15) is 61.3 Å². The third-order valence-electron chi connectivity index (χ3n) is 6.14. The predicted octanol–water partition coefficient (Wildman–Crippen LogP) is 3.29. The number of hydrogen-bond acceptors (Lipinski definition) is 5. The van der Waals surface area contributed by atoms with E-state index in [4.69, 9.17) is 9.97 Å². The van der Waals surface area contributed by atoms with Gasteiger partial charge in [0.2, 0.25) is 0 Å². The highest BCUT2D eigenvalue weighted by molar-refractivity contribution is 5.41. The van der Waals surface area contributed by atoms with Gasteiger partial charge < -0.3 is 4.90 Å². The molecule has 6 heteroatoms. The Kier molecular flexibility index (Phi) is 5.43. The molecule has 0 saturated carbocycles. The highest BCUT2D eigenvalue weighted by Gasteiger charge is 2.25. The lowest BCUT2D eigenvalue weighted by atomic mass is 9.95. The molecule has 0 aliphatic carbocycles. The standard InChI is InChI=1S/C21H32N6/c1-4-27-17(3)19(14-22-27)15-25-11-7-18(8-12-25)21-23-16(2)13-20(24-21)26-9-5-6-10-26/h13-14,18H,4-12,15H2,1-3H3. The van der Waals surface area contributed by atoms with E-state index in [0.29, 0.717) is 5.92 Å². The second kappa shape index (κ2) is 7.97. The molecule has 0 aromatic carbocycles. The van der Waals surface area contributed by atoms with E-state index in [-0.39, 0.29) is 0 Å². The fourth-order valence-corrected chi connectivity index (χ4v) is 4.41. The van der Waals surface area contributed by atoms with E-state index in [1.807, 2.05) is 6.20 Å². The Morgan fingerprint density at radius 3 is 2.44 bits per heavy atom. The van der Waals surface area contributed by atoms with Crippen LogP contribution in [0.2, 0.25) is 0 Å². The summed E-state index contributed by atoms with van der Waals surface area (Å²) in [7, 11) is 0. The summed E-state index contributed by atoms with van der Waals surface area (Å²) in [4.78, 5) is 14.7. The van der Waals surface area contributed by atoms with E-state index < -0.39 is 0 Å². The molecule has 0 unspecified atom stereocenters. The third-order valence-corrected chi connectivity index (χ3v) is 6.14. The first-order valence-corrected chi connectivity index (χ1v) is 10.5. The molecule has 146 valence electrons. The first-order valence-electron chi connectivity index (χ1n) is 10.5. The highest BCUT2D eigenvalue weighted by atomic mass is 15.3. The maximum absolute atomic E-state index is 4.96. The molecule has 4 rings (SSSR count). The smallest absolute Gasteiger partial charge is 0.134 e. The van der Waals surface area contributed by atoms with Crippen molar-refractivity contribution in [3.05, 3.63) is 35.0 Å². The average Bonchev–Trinajstić information content (AvgIpc) is 3.33. The van der Waals surface area contributed by atoms with Gasteiger partial charge in [0.25, 0.3) is 0 Å². The Balaban J connectivity index is 1.39. The molecule has 0 bridgehead atoms. The minimum Gasteiger partial charge on any atom is -0.357 e. The van der Waals surface area contributed by atoms with E-state index in [0.717, 1.165) is 69.4 Å². The highest BCUT2D eigenvalue weighted by Crippen LogP contribution is 2.29. The molecule has 6 nitrogen and oxygen atoms in total. The first kappa shape index (κ1) is 18.4. The zero-order valence-electron chi connectivity index (χ0n) is 17.0. The predicted molar refractivity (Wildman–Crippen MR) is 108 cm³/mol. The van der Waals surface area contributed by atoms with Gasteiger partial charge >= 0.3 is 0 Å². The number of rotatable bonds is 5. The summed E-state index contributed by atoms with van der Waals surface area (Å²) in [5, 5.41) is 4.48. The number of piperidine rings is 1. The van der Waals surface area contributed by atoms with Crippen molar-refractivity contribution in [3.8, 4) is 0 Å². The summed E-state index contributed by atoms with van der Waals surface area (Å²) < 4.78 is 2.09. The minimum absolute atomic E-state index is 0.488. The van der Waals surface area contributed by atoms with E-state index >= 15 is 0 Å². The lowest BCUT2D eigenvalue weighted by molar-refractivity contribution is 0.201. The van der Waals surface area contributed by atoms with Gasteiger partial charge in [0, 0.05) is 55.1 Å². The van der Waals surface area contributed by atoms with Crippen LogP contribution in [0.4, 0.5) is 5.82 Å². The molecule has 2 saturated heterocycles. The van der Waals surface area contributed by atoms with E-state index in [2.05, 4.69) is 46.4 Å². The molecule has 4 heterocycles. The van der Waals surface area contributed by atoms with Crippen molar-refractivity contribution in [3.63, 3.8) is 0 Å². The van der Waals surface area contributed by atoms with Crippen molar-refractivity contribution in [1.29, 1.82) is 0 Å². The van der Waals surface area contributed by atoms with Gasteiger partial charge in [0.1, 0.15) is 11.6 Å². The summed E-state index contributed by atoms with van der Waals surface area (Å²) in [6, 6.07) is 2.15. The van der Waals surface area contributed by atoms with Crippen molar-refractivity contribution in [2.45, 2.75) is 65.5 Å². The second-order valence-corrected chi connectivity index (χ2v) is 8.04. The maximum atomic E-state index is 4.96. The quantitative estimate of drug-likeness (QED) is 0.810. The van der Waals surface area contributed by atoms with Gasteiger partial charge in [-0.05, 0) is 59.5 Å². The minimum atomic E-state index is 0.488. The summed E-state index contributed by atoms with van der Waals surface area (Å²) in [5.74, 6) is 2.69. The molecule has 0 spiro atoms. The Morgan fingerprint density at radius 2 is 1.78 bits per heavy atom. The normalized spacial score (nSPS) is 19.1. The van der Waals surface area contributed by atoms with Crippen LogP contribution in [0.15, 0.2) is 12.3 Å². The van der Waals surface area contributed by atoms with Crippen LogP contribution < -0.4 is 4.90 Å². The van der Waals surface area contributed by atoms with Crippen molar-refractivity contribution in [2.75, 3.05) is 31.1 Å². The Hall–Kier alpha value is -1.95. The molecule has 27 heavy (non-hydrogen) atoms. The van der Waals surface area contributed by atoms with Crippen molar-refractivity contribution in [2.24, 2.45) is 0 Å². The summed E-state index contributed by atoms with van der Waals surface area (Å²) in [6.07, 6.45) is 6.89. The van der Waals surface area contributed by atoms with Crippen LogP contribution in [0.25, 0.3) is 0 Å². The largest absolute Gasteiger partial charge is 0.357 e. The molecule has 0 N–H and O–H groups in total. The molecule has 0 amide bonds. The van der Waals surface area contributed by atoms with Crippen LogP contribution in [-0.2, 0) is 13.1 Å². The summed E-state index contributed by atoms with van der Waals surface area (Å²) >= 11 is 0. The van der Waals surface area contributed by atoms with Gasteiger partial charge in [0.05, 0.1) is 6.20 Å². The second-order valence-electron chi connectivity index (χ2n) is 8.04. The van der Waals surface area contributed by atoms with Crippen LogP contribution in [-0.4, -0.2) is 50.8 Å². The first-order chi connectivity index (χ1) is 13.1. The SMILES string of the molecule is CCn1ncc(CN2CCC(c3nc(C)cc(N4CCCC4)n3)CC2)c1C. The Morgan fingerprint density at radius 1 is 1.04 bits per heavy atom. The van der Waals surface area contributed by atoms with Gasteiger partial charge in [-0.1, -0.05) is 0 Å². The molecule has 2 aliphatic heterocycles. The number of likely N-dealkylation sites (tertiary alicyclic amines) is 1. The monoisotopic (exact) mass is 368 g/mol. The molecule has 0 atom stereocenters. The zero-order chi connectivity index (χ0) is 18.8. The van der Waals surface area contributed by atoms with Gasteiger partial charge in [0.15, 0.2) is 0 Å². The molecule has 2 aromatic rings. The van der Waals surface area contributed by atoms with Crippen molar-refractivity contribution < 1.29 is 0 Å². The van der Waals surface area contributed by atoms with E-state index in [1.54, 1.807) is 0 Å². The molecule has 2 aliphatic rings. The molecular formula is C21H32N6. The van der Waals surface area contributed by atoms with E-state index in [1.165, 1.54) is 24.1 Å². The van der Waals surface area contributed by atoms with Crippen molar-refractivity contribution >= 4 is 5.82 Å². The van der Waals surface area contributed by atoms with Crippen LogP contribution in [0.3, 0.4) is 0 Å². The number of nitrogens with zero attached hydrogens (tertiary/aromatic N) is 6. The number of aromatic nitrogens is 4. The van der Waals surface area contributed by atoms with E-state index in [9.17, 15) is 0 Å². The fraction of sp³-hybridized carbons (Fsp3) is 0.667. The Labute approximate surface area is 162 Å². The van der Waals surface area contributed by atoms with Gasteiger partial charge in [-0.2, -0.15) is 5.10 Å². The van der Waals surface area contributed by atoms with Gasteiger partial charge in [-0.3, -0.25) is 9.58 Å². The summed E-state index contributed by atoms with van der Waals surface area (Å²) in [6.45, 7) is 12.9. The fourth-order valence-electron chi connectivity index (χ4n) is 4.41. The summed E-state index contributed by atoms with van der Waals surface area (Å²) in [5.41, 5.74) is 3.77. The maximum Gasteiger partial charge on any atom is 0.134 e. The number of anilines is 1. The lowest BCUT2D eigenvalue weighted by Gasteiger charge is -2.31. The lowest BCUT2D eigenvalue weighted by Crippen LogP contribution is -2.33. The molecule has 0 radical (unpaired) electrons. The van der Waals surface area contributed by atoms with Crippen molar-refractivity contribution in [1.82, 2.24) is 24.6 Å².